The predicted octanol–water partition coefficient (Wildman–Crippen LogP) is 2.41. The van der Waals surface area contributed by atoms with Crippen molar-refractivity contribution in [1.29, 1.82) is 0 Å². The summed E-state index contributed by atoms with van der Waals surface area (Å²) in [5.74, 6) is -0.631. The number of hydrogen-bond acceptors (Lipinski definition) is 4. The van der Waals surface area contributed by atoms with Crippen molar-refractivity contribution in [3.05, 3.63) is 33.8 Å². The van der Waals surface area contributed by atoms with Crippen molar-refractivity contribution in [2.75, 3.05) is 33.4 Å². The summed E-state index contributed by atoms with van der Waals surface area (Å²) in [4.78, 5) is 25.7. The van der Waals surface area contributed by atoms with E-state index in [-0.39, 0.29) is 12.5 Å². The van der Waals surface area contributed by atoms with Crippen LogP contribution in [0.3, 0.4) is 0 Å². The number of rotatable bonds is 7. The lowest BCUT2D eigenvalue weighted by Gasteiger charge is -2.22. The lowest BCUT2D eigenvalue weighted by atomic mass is 10.1. The molecule has 0 aliphatic rings. The third-order valence-corrected chi connectivity index (χ3v) is 3.84. The number of amides is 1. The summed E-state index contributed by atoms with van der Waals surface area (Å²) in [5.41, 5.74) is 1.40. The van der Waals surface area contributed by atoms with E-state index < -0.39 is 5.97 Å². The van der Waals surface area contributed by atoms with Gasteiger partial charge < -0.3 is 14.4 Å². The SMILES string of the molecule is CCOC(=O)CN(CCOC)C(=O)c1cccc(Br)c1C. The van der Waals surface area contributed by atoms with Gasteiger partial charge in [0.05, 0.1) is 13.2 Å². The van der Waals surface area contributed by atoms with E-state index in [1.807, 2.05) is 13.0 Å². The topological polar surface area (TPSA) is 55.8 Å². The Kier molecular flexibility index (Phi) is 7.39. The molecule has 5 nitrogen and oxygen atoms in total. The third kappa shape index (κ3) is 5.13. The molecule has 1 amide bonds. The van der Waals surface area contributed by atoms with Gasteiger partial charge >= 0.3 is 5.97 Å². The van der Waals surface area contributed by atoms with Gasteiger partial charge in [-0.25, -0.2) is 0 Å². The predicted molar refractivity (Wildman–Crippen MR) is 83.3 cm³/mol. The van der Waals surface area contributed by atoms with E-state index >= 15 is 0 Å². The number of ether oxygens (including phenoxy) is 2. The van der Waals surface area contributed by atoms with Crippen LogP contribution in [0.5, 0.6) is 0 Å². The van der Waals surface area contributed by atoms with E-state index in [0.29, 0.717) is 25.3 Å². The maximum Gasteiger partial charge on any atom is 0.325 e. The first-order valence-corrected chi connectivity index (χ1v) is 7.49. The van der Waals surface area contributed by atoms with E-state index in [0.717, 1.165) is 10.0 Å². The van der Waals surface area contributed by atoms with Gasteiger partial charge in [0.15, 0.2) is 0 Å². The molecule has 116 valence electrons. The molecule has 0 aliphatic carbocycles. The smallest absolute Gasteiger partial charge is 0.325 e. The molecule has 0 fully saturated rings. The molecule has 0 N–H and O–H groups in total. The molecule has 6 heteroatoms. The molecule has 0 atom stereocenters. The van der Waals surface area contributed by atoms with Crippen LogP contribution >= 0.6 is 15.9 Å². The molecule has 0 saturated heterocycles. The zero-order valence-corrected chi connectivity index (χ0v) is 14.1. The van der Waals surface area contributed by atoms with Gasteiger partial charge in [-0.05, 0) is 31.5 Å². The van der Waals surface area contributed by atoms with Crippen molar-refractivity contribution in [1.82, 2.24) is 4.90 Å². The monoisotopic (exact) mass is 357 g/mol. The van der Waals surface area contributed by atoms with E-state index in [4.69, 9.17) is 9.47 Å². The summed E-state index contributed by atoms with van der Waals surface area (Å²) in [6.07, 6.45) is 0. The van der Waals surface area contributed by atoms with Crippen LogP contribution in [0.1, 0.15) is 22.8 Å². The Labute approximate surface area is 133 Å². The highest BCUT2D eigenvalue weighted by molar-refractivity contribution is 9.10. The van der Waals surface area contributed by atoms with Crippen molar-refractivity contribution in [3.8, 4) is 0 Å². The fourth-order valence-electron chi connectivity index (χ4n) is 1.83. The summed E-state index contributed by atoms with van der Waals surface area (Å²) >= 11 is 3.40. The summed E-state index contributed by atoms with van der Waals surface area (Å²) in [6, 6.07) is 5.41. The van der Waals surface area contributed by atoms with Crippen LogP contribution < -0.4 is 0 Å². The Balaban J connectivity index is 2.93. The Morgan fingerprint density at radius 2 is 2.05 bits per heavy atom. The number of methoxy groups -OCH3 is 1. The van der Waals surface area contributed by atoms with Gasteiger partial charge in [0.1, 0.15) is 6.54 Å². The maximum atomic E-state index is 12.6. The van der Waals surface area contributed by atoms with Crippen LogP contribution in [0.25, 0.3) is 0 Å². The number of esters is 1. The normalized spacial score (nSPS) is 10.3. The molecule has 0 aromatic heterocycles. The summed E-state index contributed by atoms with van der Waals surface area (Å²) < 4.78 is 10.8. The molecule has 0 unspecified atom stereocenters. The molecular formula is C15H20BrNO4. The van der Waals surface area contributed by atoms with Gasteiger partial charge in [0, 0.05) is 23.7 Å². The highest BCUT2D eigenvalue weighted by Gasteiger charge is 2.21. The van der Waals surface area contributed by atoms with Crippen LogP contribution in [0.15, 0.2) is 22.7 Å². The Bertz CT molecular complexity index is 504. The number of carbonyl (C=O) groups excluding carboxylic acids is 2. The zero-order chi connectivity index (χ0) is 15.8. The lowest BCUT2D eigenvalue weighted by Crippen LogP contribution is -2.39. The van der Waals surface area contributed by atoms with Crippen LogP contribution in [0, 0.1) is 6.92 Å². The first-order chi connectivity index (χ1) is 10.0. The molecule has 1 rings (SSSR count). The van der Waals surface area contributed by atoms with Crippen LogP contribution in [0.4, 0.5) is 0 Å². The minimum atomic E-state index is -0.422. The average molecular weight is 358 g/mol. The third-order valence-electron chi connectivity index (χ3n) is 2.98. The van der Waals surface area contributed by atoms with Gasteiger partial charge in [0.2, 0.25) is 0 Å². The second kappa shape index (κ2) is 8.79. The Morgan fingerprint density at radius 3 is 2.67 bits per heavy atom. The minimum absolute atomic E-state index is 0.0814. The summed E-state index contributed by atoms with van der Waals surface area (Å²) in [5, 5.41) is 0. The van der Waals surface area contributed by atoms with Crippen molar-refractivity contribution in [2.45, 2.75) is 13.8 Å². The van der Waals surface area contributed by atoms with Crippen molar-refractivity contribution in [3.63, 3.8) is 0 Å². The summed E-state index contributed by atoms with van der Waals surface area (Å²) in [7, 11) is 1.55. The molecular weight excluding hydrogens is 338 g/mol. The first-order valence-electron chi connectivity index (χ1n) is 6.70. The molecule has 21 heavy (non-hydrogen) atoms. The van der Waals surface area contributed by atoms with Crippen molar-refractivity contribution < 1.29 is 19.1 Å². The standard InChI is InChI=1S/C15H20BrNO4/c1-4-21-14(18)10-17(8-9-20-3)15(19)12-6-5-7-13(16)11(12)2/h5-7H,4,8-10H2,1-3H3. The molecule has 0 bridgehead atoms. The van der Waals surface area contributed by atoms with Crippen LogP contribution in [-0.4, -0.2) is 50.2 Å². The highest BCUT2D eigenvalue weighted by Crippen LogP contribution is 2.20. The molecule has 0 spiro atoms. The van der Waals surface area contributed by atoms with Crippen LogP contribution in [-0.2, 0) is 14.3 Å². The van der Waals surface area contributed by atoms with Gasteiger partial charge in [0.25, 0.3) is 5.91 Å². The van der Waals surface area contributed by atoms with Gasteiger partial charge in [-0.3, -0.25) is 9.59 Å². The second-order valence-electron chi connectivity index (χ2n) is 4.44. The number of nitrogens with zero attached hydrogens (tertiary/aromatic N) is 1. The van der Waals surface area contributed by atoms with E-state index in [2.05, 4.69) is 15.9 Å². The zero-order valence-electron chi connectivity index (χ0n) is 12.5. The fourth-order valence-corrected chi connectivity index (χ4v) is 2.19. The quantitative estimate of drug-likeness (QED) is 0.703. The van der Waals surface area contributed by atoms with Crippen molar-refractivity contribution in [2.24, 2.45) is 0 Å². The van der Waals surface area contributed by atoms with Crippen LogP contribution in [0.2, 0.25) is 0 Å². The molecule has 0 radical (unpaired) electrons. The minimum Gasteiger partial charge on any atom is -0.465 e. The Hall–Kier alpha value is -1.40. The van der Waals surface area contributed by atoms with Crippen molar-refractivity contribution >= 4 is 27.8 Å². The second-order valence-corrected chi connectivity index (χ2v) is 5.29. The molecule has 1 aromatic carbocycles. The van der Waals surface area contributed by atoms with E-state index in [1.165, 1.54) is 4.90 Å². The van der Waals surface area contributed by atoms with E-state index in [1.54, 1.807) is 26.2 Å². The molecule has 0 saturated carbocycles. The summed E-state index contributed by atoms with van der Waals surface area (Å²) in [6.45, 7) is 4.50. The Morgan fingerprint density at radius 1 is 1.33 bits per heavy atom. The number of hydrogen-bond donors (Lipinski definition) is 0. The maximum absolute atomic E-state index is 12.6. The average Bonchev–Trinajstić information content (AvgIpc) is 2.46. The van der Waals surface area contributed by atoms with E-state index in [9.17, 15) is 9.59 Å². The molecule has 0 aliphatic heterocycles. The fraction of sp³-hybridized carbons (Fsp3) is 0.467. The van der Waals surface area contributed by atoms with Gasteiger partial charge in [-0.15, -0.1) is 0 Å². The first kappa shape index (κ1) is 17.7. The lowest BCUT2D eigenvalue weighted by molar-refractivity contribution is -0.143. The molecule has 0 heterocycles. The number of carbonyl (C=O) groups is 2. The van der Waals surface area contributed by atoms with Gasteiger partial charge in [-0.2, -0.15) is 0 Å². The molecule has 1 aromatic rings. The highest BCUT2D eigenvalue weighted by atomic mass is 79.9. The largest absolute Gasteiger partial charge is 0.465 e. The number of halogens is 1. The number of benzene rings is 1. The van der Waals surface area contributed by atoms with Gasteiger partial charge in [-0.1, -0.05) is 22.0 Å².